The minimum atomic E-state index is -4.88. The van der Waals surface area contributed by atoms with E-state index in [1.54, 1.807) is 0 Å². The van der Waals surface area contributed by atoms with Gasteiger partial charge in [-0.2, -0.15) is 4.31 Å². The van der Waals surface area contributed by atoms with Gasteiger partial charge in [-0.25, -0.2) is 18.1 Å². The molecule has 0 amide bonds. The van der Waals surface area contributed by atoms with E-state index in [-0.39, 0.29) is 23.5 Å². The van der Waals surface area contributed by atoms with Gasteiger partial charge in [-0.05, 0) is 49.6 Å². The maximum absolute atomic E-state index is 13.2. The Kier molecular flexibility index (Phi) is 6.69. The number of nitrogens with one attached hydrogen (secondary N) is 1. The summed E-state index contributed by atoms with van der Waals surface area (Å²) in [6, 6.07) is 11.9. The molecule has 14 heteroatoms. The first-order chi connectivity index (χ1) is 18.0. The second-order valence-electron chi connectivity index (χ2n) is 9.08. The van der Waals surface area contributed by atoms with Crippen molar-refractivity contribution in [3.63, 3.8) is 0 Å². The number of alkyl halides is 3. The van der Waals surface area contributed by atoms with Crippen LogP contribution in [0.4, 0.5) is 13.2 Å². The van der Waals surface area contributed by atoms with Crippen molar-refractivity contribution < 1.29 is 26.3 Å². The standard InChI is InChI=1S/C24H23F3N6O4S/c1-15-4-6-16(7-5-15)13-33-22-20(30-31-33)23(34)29-21(28-22)17-3-2-12-32(14-17)38(35,36)19-10-8-18(9-11-19)37-24(25,26)27/h4-11,17H,2-3,12-14H2,1H3,(H,28,29,34)/t17-/m0/s1. The molecule has 0 saturated carbocycles. The monoisotopic (exact) mass is 548 g/mol. The van der Waals surface area contributed by atoms with Crippen LogP contribution in [0, 0.1) is 6.92 Å². The number of nitrogens with zero attached hydrogens (tertiary/aromatic N) is 5. The highest BCUT2D eigenvalue weighted by atomic mass is 32.2. The highest BCUT2D eigenvalue weighted by Crippen LogP contribution is 2.30. The lowest BCUT2D eigenvalue weighted by atomic mass is 9.99. The zero-order valence-corrected chi connectivity index (χ0v) is 21.0. The van der Waals surface area contributed by atoms with E-state index in [2.05, 4.69) is 25.0 Å². The molecule has 10 nitrogen and oxygen atoms in total. The fourth-order valence-corrected chi connectivity index (χ4v) is 5.92. The molecule has 200 valence electrons. The van der Waals surface area contributed by atoms with Gasteiger partial charge in [0.25, 0.3) is 5.56 Å². The highest BCUT2D eigenvalue weighted by molar-refractivity contribution is 7.89. The lowest BCUT2D eigenvalue weighted by molar-refractivity contribution is -0.274. The Labute approximate surface area is 215 Å². The van der Waals surface area contributed by atoms with Crippen molar-refractivity contribution in [3.05, 3.63) is 75.8 Å². The number of aromatic amines is 1. The number of halogens is 3. The Bertz CT molecular complexity index is 1620. The average Bonchev–Trinajstić information content (AvgIpc) is 3.28. The second-order valence-corrected chi connectivity index (χ2v) is 11.0. The summed E-state index contributed by atoms with van der Waals surface area (Å²) in [5.41, 5.74) is 1.97. The molecule has 1 aliphatic rings. The zero-order valence-electron chi connectivity index (χ0n) is 20.1. The molecule has 0 radical (unpaired) electrons. The van der Waals surface area contributed by atoms with Crippen LogP contribution in [-0.2, 0) is 16.6 Å². The number of rotatable bonds is 6. The molecule has 1 saturated heterocycles. The number of hydrogen-bond acceptors (Lipinski definition) is 7. The van der Waals surface area contributed by atoms with Crippen molar-refractivity contribution in [2.45, 2.75) is 43.5 Å². The van der Waals surface area contributed by atoms with Crippen LogP contribution in [0.3, 0.4) is 0 Å². The van der Waals surface area contributed by atoms with Gasteiger partial charge in [0, 0.05) is 19.0 Å². The van der Waals surface area contributed by atoms with Gasteiger partial charge in [0.1, 0.15) is 11.6 Å². The minimum Gasteiger partial charge on any atom is -0.406 e. The molecule has 0 bridgehead atoms. The largest absolute Gasteiger partial charge is 0.573 e. The van der Waals surface area contributed by atoms with E-state index in [1.165, 1.54) is 8.99 Å². The molecule has 38 heavy (non-hydrogen) atoms. The van der Waals surface area contributed by atoms with Gasteiger partial charge in [-0.3, -0.25) is 4.79 Å². The lowest BCUT2D eigenvalue weighted by Crippen LogP contribution is -2.39. The van der Waals surface area contributed by atoms with Crippen LogP contribution in [0.5, 0.6) is 5.75 Å². The number of aryl methyl sites for hydroxylation is 1. The number of benzene rings is 2. The number of hydrogen-bond donors (Lipinski definition) is 1. The molecule has 1 fully saturated rings. The number of H-pyrrole nitrogens is 1. The van der Waals surface area contributed by atoms with E-state index in [4.69, 9.17) is 0 Å². The summed E-state index contributed by atoms with van der Waals surface area (Å²) in [7, 11) is -4.01. The van der Waals surface area contributed by atoms with E-state index in [0.717, 1.165) is 35.4 Å². The van der Waals surface area contributed by atoms with Crippen molar-refractivity contribution in [2.24, 2.45) is 0 Å². The van der Waals surface area contributed by atoms with Gasteiger partial charge >= 0.3 is 6.36 Å². The molecule has 1 N–H and O–H groups in total. The summed E-state index contributed by atoms with van der Waals surface area (Å²) in [6.45, 7) is 2.59. The van der Waals surface area contributed by atoms with Crippen molar-refractivity contribution in [1.29, 1.82) is 0 Å². The van der Waals surface area contributed by atoms with E-state index in [0.29, 0.717) is 30.9 Å². The third kappa shape index (κ3) is 5.41. The lowest BCUT2D eigenvalue weighted by Gasteiger charge is -2.31. The molecule has 3 heterocycles. The summed E-state index contributed by atoms with van der Waals surface area (Å²) in [4.78, 5) is 19.9. The van der Waals surface area contributed by atoms with Crippen LogP contribution in [-0.4, -0.2) is 57.1 Å². The van der Waals surface area contributed by atoms with Gasteiger partial charge < -0.3 is 9.72 Å². The zero-order chi connectivity index (χ0) is 27.1. The number of fused-ring (bicyclic) bond motifs is 1. The third-order valence-electron chi connectivity index (χ3n) is 6.31. The highest BCUT2D eigenvalue weighted by Gasteiger charge is 2.34. The number of sulfonamides is 1. The van der Waals surface area contributed by atoms with Crippen LogP contribution in [0.25, 0.3) is 11.2 Å². The first kappa shape index (κ1) is 25.9. The third-order valence-corrected chi connectivity index (χ3v) is 8.19. The Morgan fingerprint density at radius 3 is 2.50 bits per heavy atom. The van der Waals surface area contributed by atoms with Gasteiger partial charge in [0.15, 0.2) is 11.2 Å². The molecule has 2 aromatic heterocycles. The summed E-state index contributed by atoms with van der Waals surface area (Å²) < 4.78 is 70.3. The fraction of sp³-hybridized carbons (Fsp3) is 0.333. The smallest absolute Gasteiger partial charge is 0.406 e. The Balaban J connectivity index is 1.39. The van der Waals surface area contributed by atoms with Crippen molar-refractivity contribution in [3.8, 4) is 5.75 Å². The molecule has 4 aromatic rings. The molecular formula is C24H23F3N6O4S. The van der Waals surface area contributed by atoms with Gasteiger partial charge in [0.2, 0.25) is 10.0 Å². The molecule has 0 unspecified atom stereocenters. The molecule has 0 spiro atoms. The second kappa shape index (κ2) is 9.83. The normalized spacial score (nSPS) is 17.1. The average molecular weight is 549 g/mol. The Morgan fingerprint density at radius 2 is 1.82 bits per heavy atom. The summed E-state index contributed by atoms with van der Waals surface area (Å²) in [6.07, 6.45) is -3.79. The van der Waals surface area contributed by atoms with Crippen LogP contribution in [0.1, 0.15) is 35.7 Å². The van der Waals surface area contributed by atoms with Crippen LogP contribution >= 0.6 is 0 Å². The van der Waals surface area contributed by atoms with E-state index in [9.17, 15) is 26.4 Å². The molecular weight excluding hydrogens is 525 g/mol. The van der Waals surface area contributed by atoms with Gasteiger partial charge in [-0.1, -0.05) is 35.0 Å². The molecule has 1 aliphatic heterocycles. The van der Waals surface area contributed by atoms with E-state index < -0.39 is 33.6 Å². The summed E-state index contributed by atoms with van der Waals surface area (Å²) in [5, 5.41) is 8.04. The first-order valence-electron chi connectivity index (χ1n) is 11.7. The maximum atomic E-state index is 13.2. The summed E-state index contributed by atoms with van der Waals surface area (Å²) >= 11 is 0. The van der Waals surface area contributed by atoms with Gasteiger partial charge in [0.05, 0.1) is 11.4 Å². The van der Waals surface area contributed by atoms with Gasteiger partial charge in [-0.15, -0.1) is 18.3 Å². The van der Waals surface area contributed by atoms with Crippen LogP contribution in [0.2, 0.25) is 0 Å². The Hall–Kier alpha value is -3.78. The van der Waals surface area contributed by atoms with E-state index >= 15 is 0 Å². The quantitative estimate of drug-likeness (QED) is 0.392. The van der Waals surface area contributed by atoms with E-state index in [1.807, 2.05) is 31.2 Å². The SMILES string of the molecule is Cc1ccc(Cn2nnc3c(=O)[nH]c([C@H]4CCCN(S(=O)(=O)c5ccc(OC(F)(F)F)cc5)C4)nc32)cc1. The van der Waals surface area contributed by atoms with Crippen molar-refractivity contribution >= 4 is 21.2 Å². The Morgan fingerprint density at radius 1 is 1.11 bits per heavy atom. The predicted molar refractivity (Wildman–Crippen MR) is 130 cm³/mol. The molecule has 1 atom stereocenters. The summed E-state index contributed by atoms with van der Waals surface area (Å²) in [5.74, 6) is -0.603. The van der Waals surface area contributed by atoms with Crippen LogP contribution < -0.4 is 10.3 Å². The molecule has 2 aromatic carbocycles. The predicted octanol–water partition coefficient (Wildman–Crippen LogP) is 3.34. The topological polar surface area (TPSA) is 123 Å². The van der Waals surface area contributed by atoms with Crippen molar-refractivity contribution in [1.82, 2.24) is 29.3 Å². The van der Waals surface area contributed by atoms with Crippen molar-refractivity contribution in [2.75, 3.05) is 13.1 Å². The molecule has 0 aliphatic carbocycles. The maximum Gasteiger partial charge on any atom is 0.573 e. The fourth-order valence-electron chi connectivity index (χ4n) is 4.40. The first-order valence-corrected chi connectivity index (χ1v) is 13.2. The molecule has 5 rings (SSSR count). The number of ether oxygens (including phenoxy) is 1. The number of aromatic nitrogens is 5. The number of piperidine rings is 1. The van der Waals surface area contributed by atoms with Crippen LogP contribution in [0.15, 0.2) is 58.2 Å². The minimum absolute atomic E-state index is 0.0388.